The van der Waals surface area contributed by atoms with Crippen molar-refractivity contribution in [3.63, 3.8) is 0 Å². The summed E-state index contributed by atoms with van der Waals surface area (Å²) in [6.45, 7) is 3.35. The summed E-state index contributed by atoms with van der Waals surface area (Å²) in [5.41, 5.74) is 2.46. The predicted molar refractivity (Wildman–Crippen MR) is 56.6 cm³/mol. The van der Waals surface area contributed by atoms with Crippen LogP contribution in [0.5, 0.6) is 11.5 Å². The van der Waals surface area contributed by atoms with E-state index in [1.807, 2.05) is 12.1 Å². The van der Waals surface area contributed by atoms with Crippen LogP contribution in [0.25, 0.3) is 0 Å². The van der Waals surface area contributed by atoms with Crippen molar-refractivity contribution < 1.29 is 9.47 Å². The SMILES string of the molecule is Cc1cc2c(cc1CCCl)OCCO2. The lowest BCUT2D eigenvalue weighted by Gasteiger charge is -2.20. The first kappa shape index (κ1) is 9.66. The second-order valence-electron chi connectivity index (χ2n) is 3.36. The van der Waals surface area contributed by atoms with Gasteiger partial charge < -0.3 is 9.47 Å². The molecule has 76 valence electrons. The highest BCUT2D eigenvalue weighted by molar-refractivity contribution is 6.18. The highest BCUT2D eigenvalue weighted by Gasteiger charge is 2.13. The van der Waals surface area contributed by atoms with Crippen molar-refractivity contribution in [3.05, 3.63) is 23.3 Å². The Morgan fingerprint density at radius 3 is 2.50 bits per heavy atom. The van der Waals surface area contributed by atoms with Crippen LogP contribution in [0.2, 0.25) is 0 Å². The summed E-state index contributed by atoms with van der Waals surface area (Å²) in [6.07, 6.45) is 0.879. The summed E-state index contributed by atoms with van der Waals surface area (Å²) in [5, 5.41) is 0. The Hall–Kier alpha value is -0.890. The van der Waals surface area contributed by atoms with Crippen LogP contribution in [0.4, 0.5) is 0 Å². The van der Waals surface area contributed by atoms with Crippen LogP contribution in [0.1, 0.15) is 11.1 Å². The molecule has 0 spiro atoms. The molecule has 0 aliphatic carbocycles. The smallest absolute Gasteiger partial charge is 0.161 e. The van der Waals surface area contributed by atoms with Gasteiger partial charge in [0.25, 0.3) is 0 Å². The fourth-order valence-electron chi connectivity index (χ4n) is 1.60. The van der Waals surface area contributed by atoms with Crippen LogP contribution in [-0.4, -0.2) is 19.1 Å². The van der Waals surface area contributed by atoms with Crippen molar-refractivity contribution in [1.82, 2.24) is 0 Å². The fourth-order valence-corrected chi connectivity index (χ4v) is 1.81. The number of hydrogen-bond acceptors (Lipinski definition) is 2. The summed E-state index contributed by atoms with van der Waals surface area (Å²) in [7, 11) is 0. The van der Waals surface area contributed by atoms with Gasteiger partial charge in [-0.1, -0.05) is 0 Å². The minimum Gasteiger partial charge on any atom is -0.486 e. The molecule has 1 aliphatic rings. The van der Waals surface area contributed by atoms with Crippen molar-refractivity contribution in [2.45, 2.75) is 13.3 Å². The maximum atomic E-state index is 5.72. The Balaban J connectivity index is 2.35. The molecule has 3 heteroatoms. The van der Waals surface area contributed by atoms with Crippen LogP contribution in [0.15, 0.2) is 12.1 Å². The topological polar surface area (TPSA) is 18.5 Å². The Labute approximate surface area is 88.8 Å². The first-order valence-corrected chi connectivity index (χ1v) is 5.30. The third kappa shape index (κ3) is 1.80. The summed E-state index contributed by atoms with van der Waals surface area (Å²) >= 11 is 5.72. The van der Waals surface area contributed by atoms with E-state index in [-0.39, 0.29) is 0 Å². The minimum absolute atomic E-state index is 0.635. The van der Waals surface area contributed by atoms with Crippen molar-refractivity contribution in [1.29, 1.82) is 0 Å². The molecular weight excluding hydrogens is 200 g/mol. The molecule has 0 radical (unpaired) electrons. The largest absolute Gasteiger partial charge is 0.486 e. The van der Waals surface area contributed by atoms with E-state index in [9.17, 15) is 0 Å². The molecule has 0 saturated heterocycles. The summed E-state index contributed by atoms with van der Waals surface area (Å²) in [4.78, 5) is 0. The van der Waals surface area contributed by atoms with Crippen LogP contribution >= 0.6 is 11.6 Å². The molecule has 0 fully saturated rings. The Morgan fingerprint density at radius 1 is 1.21 bits per heavy atom. The molecule has 1 heterocycles. The molecule has 1 aromatic rings. The van der Waals surface area contributed by atoms with Gasteiger partial charge >= 0.3 is 0 Å². The molecule has 0 aromatic heterocycles. The molecule has 14 heavy (non-hydrogen) atoms. The molecular formula is C11H13ClO2. The van der Waals surface area contributed by atoms with E-state index in [0.29, 0.717) is 19.1 Å². The van der Waals surface area contributed by atoms with Crippen LogP contribution < -0.4 is 9.47 Å². The molecule has 1 aliphatic heterocycles. The van der Waals surface area contributed by atoms with Gasteiger partial charge in [-0.25, -0.2) is 0 Å². The van der Waals surface area contributed by atoms with Crippen molar-refractivity contribution in [2.75, 3.05) is 19.1 Å². The van der Waals surface area contributed by atoms with E-state index >= 15 is 0 Å². The van der Waals surface area contributed by atoms with E-state index in [2.05, 4.69) is 6.92 Å². The predicted octanol–water partition coefficient (Wildman–Crippen LogP) is 2.55. The van der Waals surface area contributed by atoms with E-state index < -0.39 is 0 Å². The van der Waals surface area contributed by atoms with Gasteiger partial charge in [0, 0.05) is 5.88 Å². The summed E-state index contributed by atoms with van der Waals surface area (Å²) in [6, 6.07) is 4.06. The van der Waals surface area contributed by atoms with Gasteiger partial charge in [0.2, 0.25) is 0 Å². The lowest BCUT2D eigenvalue weighted by Crippen LogP contribution is -2.15. The Bertz CT molecular complexity index is 336. The van der Waals surface area contributed by atoms with Gasteiger partial charge in [-0.15, -0.1) is 11.6 Å². The number of ether oxygens (including phenoxy) is 2. The number of fused-ring (bicyclic) bond motifs is 1. The fraction of sp³-hybridized carbons (Fsp3) is 0.455. The Morgan fingerprint density at radius 2 is 1.86 bits per heavy atom. The molecule has 1 aromatic carbocycles. The van der Waals surface area contributed by atoms with E-state index in [1.165, 1.54) is 11.1 Å². The van der Waals surface area contributed by atoms with Crippen molar-refractivity contribution >= 4 is 11.6 Å². The number of halogens is 1. The van der Waals surface area contributed by atoms with Crippen LogP contribution in [0, 0.1) is 6.92 Å². The molecule has 2 nitrogen and oxygen atoms in total. The minimum atomic E-state index is 0.635. The highest BCUT2D eigenvalue weighted by atomic mass is 35.5. The maximum absolute atomic E-state index is 5.72. The van der Waals surface area contributed by atoms with Gasteiger partial charge in [-0.3, -0.25) is 0 Å². The molecule has 0 N–H and O–H groups in total. The van der Waals surface area contributed by atoms with Crippen LogP contribution in [0.3, 0.4) is 0 Å². The number of alkyl halides is 1. The lowest BCUT2D eigenvalue weighted by molar-refractivity contribution is 0.171. The second-order valence-corrected chi connectivity index (χ2v) is 3.74. The molecule has 0 bridgehead atoms. The normalized spacial score (nSPS) is 14.1. The van der Waals surface area contributed by atoms with Gasteiger partial charge in [-0.2, -0.15) is 0 Å². The number of rotatable bonds is 2. The van der Waals surface area contributed by atoms with Crippen molar-refractivity contribution in [3.8, 4) is 11.5 Å². The average molecular weight is 213 g/mol. The lowest BCUT2D eigenvalue weighted by atomic mass is 10.1. The standard InChI is InChI=1S/C11H13ClO2/c1-8-6-10-11(14-5-4-13-10)7-9(8)2-3-12/h6-7H,2-5H2,1H3. The number of benzene rings is 1. The van der Waals surface area contributed by atoms with Gasteiger partial charge in [-0.05, 0) is 36.6 Å². The molecule has 0 amide bonds. The van der Waals surface area contributed by atoms with Gasteiger partial charge in [0.1, 0.15) is 13.2 Å². The molecule has 0 unspecified atom stereocenters. The highest BCUT2D eigenvalue weighted by Crippen LogP contribution is 2.33. The third-order valence-corrected chi connectivity index (χ3v) is 2.55. The summed E-state index contributed by atoms with van der Waals surface area (Å²) < 4.78 is 11.0. The average Bonchev–Trinajstić information content (AvgIpc) is 2.19. The third-order valence-electron chi connectivity index (χ3n) is 2.36. The molecule has 2 rings (SSSR count). The Kier molecular flexibility index (Phi) is 2.82. The number of hydrogen-bond donors (Lipinski definition) is 0. The summed E-state index contributed by atoms with van der Waals surface area (Å²) in [5.74, 6) is 2.34. The zero-order valence-corrected chi connectivity index (χ0v) is 8.93. The monoisotopic (exact) mass is 212 g/mol. The van der Waals surface area contributed by atoms with Gasteiger partial charge in [0.05, 0.1) is 0 Å². The zero-order valence-electron chi connectivity index (χ0n) is 8.18. The maximum Gasteiger partial charge on any atom is 0.161 e. The number of aryl methyl sites for hydroxylation is 2. The molecule has 0 saturated carbocycles. The van der Waals surface area contributed by atoms with E-state index in [4.69, 9.17) is 21.1 Å². The first-order valence-electron chi connectivity index (χ1n) is 4.76. The van der Waals surface area contributed by atoms with Crippen molar-refractivity contribution in [2.24, 2.45) is 0 Å². The quantitative estimate of drug-likeness (QED) is 0.702. The first-order chi connectivity index (χ1) is 6.81. The van der Waals surface area contributed by atoms with E-state index in [0.717, 1.165) is 17.9 Å². The van der Waals surface area contributed by atoms with Crippen LogP contribution in [-0.2, 0) is 6.42 Å². The van der Waals surface area contributed by atoms with E-state index in [1.54, 1.807) is 0 Å². The van der Waals surface area contributed by atoms with Gasteiger partial charge in [0.15, 0.2) is 11.5 Å². The molecule has 0 atom stereocenters. The zero-order chi connectivity index (χ0) is 9.97. The second kappa shape index (κ2) is 4.09.